The van der Waals surface area contributed by atoms with Crippen LogP contribution < -0.4 is 20.9 Å². The summed E-state index contributed by atoms with van der Waals surface area (Å²) < 4.78 is 5.57. The molecule has 12 heteroatoms. The van der Waals surface area contributed by atoms with Crippen LogP contribution >= 0.6 is 11.8 Å². The highest BCUT2D eigenvalue weighted by Crippen LogP contribution is 2.33. The fourth-order valence-corrected chi connectivity index (χ4v) is 7.32. The molecule has 0 radical (unpaired) electrons. The zero-order valence-electron chi connectivity index (χ0n) is 31.1. The molecule has 0 spiro atoms. The van der Waals surface area contributed by atoms with Crippen LogP contribution in [-0.2, 0) is 21.7 Å². The Bertz CT molecular complexity index is 1860. The number of amides is 3. The standard InChI is InChI=1S/C42H51N5O6S/c1-3-47(4-2)34-15-16-38(36(25-34)39-24-32(17-19-43-39)42(52)45-37-14-8-11-30-10-5-6-13-35(30)37)46-41(51)31-12-7-9-29(23-31)28-54-22-21-53-20-18-40(50)44-33(26-48)27-49/h5-7,9-10,12-13,15-17,19,23-25,33,37,48-49H,3-4,8,11,14,18,20-22,26-28H2,1-2H3,(H,44,50)(H,45,52)(H,46,51). The summed E-state index contributed by atoms with van der Waals surface area (Å²) >= 11 is 1.66. The van der Waals surface area contributed by atoms with E-state index in [1.54, 1.807) is 36.2 Å². The minimum Gasteiger partial charge on any atom is -0.394 e. The fraction of sp³-hybridized carbons (Fsp3) is 0.381. The lowest BCUT2D eigenvalue weighted by molar-refractivity contribution is -0.123. The molecular formula is C42H51N5O6S. The number of hydrogen-bond donors (Lipinski definition) is 5. The Morgan fingerprint density at radius 3 is 2.52 bits per heavy atom. The van der Waals surface area contributed by atoms with E-state index < -0.39 is 6.04 Å². The van der Waals surface area contributed by atoms with E-state index in [0.29, 0.717) is 40.6 Å². The van der Waals surface area contributed by atoms with E-state index in [-0.39, 0.29) is 50.0 Å². The van der Waals surface area contributed by atoms with Gasteiger partial charge in [0.2, 0.25) is 5.91 Å². The van der Waals surface area contributed by atoms with Crippen LogP contribution in [0.5, 0.6) is 0 Å². The monoisotopic (exact) mass is 753 g/mol. The molecular weight excluding hydrogens is 703 g/mol. The van der Waals surface area contributed by atoms with Crippen molar-refractivity contribution in [3.05, 3.63) is 113 Å². The van der Waals surface area contributed by atoms with Crippen molar-refractivity contribution in [1.29, 1.82) is 0 Å². The summed E-state index contributed by atoms with van der Waals surface area (Å²) in [5.74, 6) is 0.676. The second kappa shape index (κ2) is 20.6. The van der Waals surface area contributed by atoms with Crippen LogP contribution in [0.25, 0.3) is 11.3 Å². The number of carbonyl (C=O) groups is 3. The number of ether oxygens (including phenoxy) is 1. The number of hydrogen-bond acceptors (Lipinski definition) is 9. The van der Waals surface area contributed by atoms with Gasteiger partial charge in [-0.25, -0.2) is 0 Å². The van der Waals surface area contributed by atoms with Gasteiger partial charge in [-0.15, -0.1) is 0 Å². The number of rotatable bonds is 19. The molecule has 1 aliphatic rings. The van der Waals surface area contributed by atoms with Crippen LogP contribution in [0, 0.1) is 0 Å². The average molecular weight is 754 g/mol. The van der Waals surface area contributed by atoms with Crippen molar-refractivity contribution >= 4 is 40.9 Å². The maximum Gasteiger partial charge on any atom is 0.255 e. The lowest BCUT2D eigenvalue weighted by Crippen LogP contribution is -2.40. The van der Waals surface area contributed by atoms with Crippen molar-refractivity contribution in [2.45, 2.75) is 57.4 Å². The lowest BCUT2D eigenvalue weighted by atomic mass is 9.87. The molecule has 1 aromatic heterocycles. The third-order valence-electron chi connectivity index (χ3n) is 9.46. The first-order valence-electron chi connectivity index (χ1n) is 18.6. The maximum atomic E-state index is 13.7. The zero-order valence-corrected chi connectivity index (χ0v) is 31.9. The molecule has 1 aliphatic carbocycles. The summed E-state index contributed by atoms with van der Waals surface area (Å²) in [4.78, 5) is 46.1. The second-order valence-electron chi connectivity index (χ2n) is 13.1. The van der Waals surface area contributed by atoms with Crippen molar-refractivity contribution in [3.8, 4) is 11.3 Å². The summed E-state index contributed by atoms with van der Waals surface area (Å²) in [7, 11) is 0. The molecule has 0 bridgehead atoms. The molecule has 1 atom stereocenters. The topological polar surface area (TPSA) is 153 Å². The maximum absolute atomic E-state index is 13.7. The number of nitrogens with one attached hydrogen (secondary N) is 3. The molecule has 0 saturated carbocycles. The average Bonchev–Trinajstić information content (AvgIpc) is 3.20. The zero-order chi connectivity index (χ0) is 38.3. The van der Waals surface area contributed by atoms with E-state index in [9.17, 15) is 14.4 Å². The Hall–Kier alpha value is -4.75. The van der Waals surface area contributed by atoms with E-state index in [2.05, 4.69) is 51.8 Å². The van der Waals surface area contributed by atoms with Crippen LogP contribution in [0.3, 0.4) is 0 Å². The Kier molecular flexibility index (Phi) is 15.5. The normalized spacial score (nSPS) is 13.6. The molecule has 5 N–H and O–H groups in total. The number of aliphatic hydroxyl groups is 2. The van der Waals surface area contributed by atoms with Gasteiger partial charge in [0.25, 0.3) is 11.8 Å². The summed E-state index contributed by atoms with van der Waals surface area (Å²) in [6.45, 7) is 5.87. The third kappa shape index (κ3) is 11.1. The number of fused-ring (bicyclic) bond motifs is 1. The predicted octanol–water partition coefficient (Wildman–Crippen LogP) is 5.76. The summed E-state index contributed by atoms with van der Waals surface area (Å²) in [5, 5.41) is 27.1. The number of thioether (sulfide) groups is 1. The van der Waals surface area contributed by atoms with E-state index in [1.807, 2.05) is 48.5 Å². The number of pyridine rings is 1. The number of anilines is 2. The van der Waals surface area contributed by atoms with Crippen LogP contribution in [-0.4, -0.2) is 84.2 Å². The molecule has 1 heterocycles. The van der Waals surface area contributed by atoms with Crippen molar-refractivity contribution in [3.63, 3.8) is 0 Å². The first-order chi connectivity index (χ1) is 26.3. The SMILES string of the molecule is CCN(CC)c1ccc(NC(=O)c2cccc(CSCCOCCC(=O)NC(CO)CO)c2)c(-c2cc(C(=O)NC3CCCc4ccccc43)ccn2)c1. The van der Waals surface area contributed by atoms with Gasteiger partial charge in [-0.1, -0.05) is 36.4 Å². The van der Waals surface area contributed by atoms with Gasteiger partial charge >= 0.3 is 0 Å². The van der Waals surface area contributed by atoms with E-state index in [4.69, 9.17) is 14.9 Å². The molecule has 54 heavy (non-hydrogen) atoms. The van der Waals surface area contributed by atoms with Gasteiger partial charge in [0.05, 0.1) is 49.9 Å². The molecule has 3 amide bonds. The Balaban J connectivity index is 1.24. The van der Waals surface area contributed by atoms with Crippen molar-refractivity contribution in [2.75, 3.05) is 55.5 Å². The Morgan fingerprint density at radius 2 is 1.72 bits per heavy atom. The van der Waals surface area contributed by atoms with E-state index >= 15 is 0 Å². The number of carbonyl (C=O) groups excluding carboxylic acids is 3. The lowest BCUT2D eigenvalue weighted by Gasteiger charge is -2.26. The molecule has 0 fully saturated rings. The second-order valence-corrected chi connectivity index (χ2v) is 14.3. The number of aromatic nitrogens is 1. The fourth-order valence-electron chi connectivity index (χ4n) is 6.52. The first kappa shape index (κ1) is 40.4. The minimum absolute atomic E-state index is 0.0488. The highest BCUT2D eigenvalue weighted by atomic mass is 32.2. The van der Waals surface area contributed by atoms with Crippen LogP contribution in [0.15, 0.2) is 85.1 Å². The molecule has 1 unspecified atom stereocenters. The summed E-state index contributed by atoms with van der Waals surface area (Å²) in [5.41, 5.74) is 7.36. The predicted molar refractivity (Wildman–Crippen MR) is 215 cm³/mol. The first-order valence-corrected chi connectivity index (χ1v) is 19.8. The van der Waals surface area contributed by atoms with Gasteiger partial charge in [0, 0.05) is 59.6 Å². The molecule has 286 valence electrons. The summed E-state index contributed by atoms with van der Waals surface area (Å²) in [6, 6.07) is 24.5. The largest absolute Gasteiger partial charge is 0.394 e. The van der Waals surface area contributed by atoms with Gasteiger partial charge in [0.1, 0.15) is 0 Å². The highest BCUT2D eigenvalue weighted by Gasteiger charge is 2.23. The molecule has 4 aromatic rings. The Morgan fingerprint density at radius 1 is 0.926 bits per heavy atom. The van der Waals surface area contributed by atoms with Gasteiger partial charge < -0.3 is 35.8 Å². The number of nitrogens with zero attached hydrogens (tertiary/aromatic N) is 2. The van der Waals surface area contributed by atoms with Gasteiger partial charge in [-0.2, -0.15) is 11.8 Å². The van der Waals surface area contributed by atoms with Crippen molar-refractivity contribution in [2.24, 2.45) is 0 Å². The molecule has 11 nitrogen and oxygen atoms in total. The number of aliphatic hydroxyl groups excluding tert-OH is 2. The smallest absolute Gasteiger partial charge is 0.255 e. The van der Waals surface area contributed by atoms with Gasteiger partial charge in [0.15, 0.2) is 0 Å². The van der Waals surface area contributed by atoms with Crippen LogP contribution in [0.1, 0.15) is 76.6 Å². The van der Waals surface area contributed by atoms with E-state index in [1.165, 1.54) is 11.1 Å². The molecule has 0 aliphatic heterocycles. The summed E-state index contributed by atoms with van der Waals surface area (Å²) in [6.07, 6.45) is 4.71. The third-order valence-corrected chi connectivity index (χ3v) is 10.5. The molecule has 5 rings (SSSR count). The van der Waals surface area contributed by atoms with Gasteiger partial charge in [-0.05, 0) is 92.3 Å². The molecule has 0 saturated heterocycles. The van der Waals surface area contributed by atoms with Crippen LogP contribution in [0.2, 0.25) is 0 Å². The highest BCUT2D eigenvalue weighted by molar-refractivity contribution is 7.98. The van der Waals surface area contributed by atoms with Crippen molar-refractivity contribution < 1.29 is 29.3 Å². The van der Waals surface area contributed by atoms with Crippen LogP contribution in [0.4, 0.5) is 11.4 Å². The Labute approximate surface area is 321 Å². The van der Waals surface area contributed by atoms with Crippen molar-refractivity contribution in [1.82, 2.24) is 15.6 Å². The number of aryl methyl sites for hydroxylation is 1. The quantitative estimate of drug-likeness (QED) is 0.0753. The molecule has 3 aromatic carbocycles. The van der Waals surface area contributed by atoms with E-state index in [0.717, 1.165) is 49.2 Å². The number of benzene rings is 3. The minimum atomic E-state index is -0.662. The van der Waals surface area contributed by atoms with Gasteiger partial charge in [-0.3, -0.25) is 19.4 Å².